The molecular formula is C10H14N4OS. The zero-order valence-corrected chi connectivity index (χ0v) is 10.3. The molecule has 5 nitrogen and oxygen atoms in total. The Labute approximate surface area is 98.0 Å². The van der Waals surface area contributed by atoms with Crippen molar-refractivity contribution >= 4 is 16.7 Å². The van der Waals surface area contributed by atoms with Crippen LogP contribution >= 0.6 is 11.5 Å². The van der Waals surface area contributed by atoms with E-state index in [0.29, 0.717) is 12.5 Å². The maximum atomic E-state index is 5.08. The van der Waals surface area contributed by atoms with Gasteiger partial charge in [0, 0.05) is 23.5 Å². The van der Waals surface area contributed by atoms with E-state index in [1.54, 1.807) is 0 Å². The molecule has 2 rings (SSSR count). The highest BCUT2D eigenvalue weighted by molar-refractivity contribution is 7.09. The second-order valence-electron chi connectivity index (χ2n) is 3.90. The van der Waals surface area contributed by atoms with E-state index in [1.807, 2.05) is 13.0 Å². The van der Waals surface area contributed by atoms with Gasteiger partial charge in [0.05, 0.1) is 12.2 Å². The summed E-state index contributed by atoms with van der Waals surface area (Å²) < 4.78 is 9.34. The molecule has 6 heteroatoms. The number of anilines is 1. The number of nitrogens with zero attached hydrogens (tertiary/aromatic N) is 3. The summed E-state index contributed by atoms with van der Waals surface area (Å²) in [6, 6.07) is 1.90. The normalized spacial score (nSPS) is 11.0. The Kier molecular flexibility index (Phi) is 3.19. The molecule has 2 aromatic heterocycles. The largest absolute Gasteiger partial charge is 0.359 e. The van der Waals surface area contributed by atoms with Crippen LogP contribution in [0.2, 0.25) is 0 Å². The Morgan fingerprint density at radius 1 is 1.50 bits per heavy atom. The number of hydrogen-bond donors (Lipinski definition) is 1. The van der Waals surface area contributed by atoms with Crippen LogP contribution in [0.15, 0.2) is 10.6 Å². The van der Waals surface area contributed by atoms with E-state index in [-0.39, 0.29) is 0 Å². The molecule has 0 atom stereocenters. The molecular weight excluding hydrogens is 224 g/mol. The molecule has 0 aromatic carbocycles. The monoisotopic (exact) mass is 238 g/mol. The molecule has 0 spiro atoms. The molecule has 0 aliphatic heterocycles. The predicted molar refractivity (Wildman–Crippen MR) is 62.6 cm³/mol. The van der Waals surface area contributed by atoms with Crippen LogP contribution in [0.5, 0.6) is 0 Å². The van der Waals surface area contributed by atoms with Gasteiger partial charge in [-0.05, 0) is 6.92 Å². The maximum absolute atomic E-state index is 5.08. The van der Waals surface area contributed by atoms with Crippen LogP contribution in [-0.2, 0) is 6.54 Å². The first-order valence-corrected chi connectivity index (χ1v) is 5.92. The van der Waals surface area contributed by atoms with Crippen molar-refractivity contribution in [3.8, 4) is 0 Å². The first-order chi connectivity index (χ1) is 7.65. The Balaban J connectivity index is 1.94. The van der Waals surface area contributed by atoms with Gasteiger partial charge in [-0.1, -0.05) is 19.0 Å². The standard InChI is InChI=1S/C10H14N4OS/c1-6(2)9-12-10(16-14-9)11-5-8-4-7(3)13-15-8/h4,6H,5H2,1-3H3,(H,11,12,14). The van der Waals surface area contributed by atoms with Gasteiger partial charge in [-0.25, -0.2) is 4.98 Å². The molecule has 0 aliphatic carbocycles. The quantitative estimate of drug-likeness (QED) is 0.886. The average Bonchev–Trinajstić information content (AvgIpc) is 2.83. The fourth-order valence-electron chi connectivity index (χ4n) is 1.20. The molecule has 0 radical (unpaired) electrons. The van der Waals surface area contributed by atoms with E-state index in [9.17, 15) is 0 Å². The Morgan fingerprint density at radius 3 is 2.88 bits per heavy atom. The van der Waals surface area contributed by atoms with Crippen LogP contribution in [0.25, 0.3) is 0 Å². The Morgan fingerprint density at radius 2 is 2.31 bits per heavy atom. The molecule has 2 aromatic rings. The Hall–Kier alpha value is -1.43. The van der Waals surface area contributed by atoms with Crippen molar-refractivity contribution in [2.75, 3.05) is 5.32 Å². The minimum atomic E-state index is 0.360. The minimum absolute atomic E-state index is 0.360. The lowest BCUT2D eigenvalue weighted by Gasteiger charge is -1.97. The topological polar surface area (TPSA) is 63.8 Å². The molecule has 0 saturated carbocycles. The van der Waals surface area contributed by atoms with Crippen LogP contribution < -0.4 is 5.32 Å². The number of aromatic nitrogens is 3. The highest BCUT2D eigenvalue weighted by Gasteiger charge is 2.08. The lowest BCUT2D eigenvalue weighted by atomic mass is 10.2. The van der Waals surface area contributed by atoms with Crippen molar-refractivity contribution < 1.29 is 4.52 Å². The molecule has 0 unspecified atom stereocenters. The molecule has 0 bridgehead atoms. The van der Waals surface area contributed by atoms with Crippen LogP contribution in [0.1, 0.15) is 37.0 Å². The molecule has 0 fully saturated rings. The summed E-state index contributed by atoms with van der Waals surface area (Å²) in [4.78, 5) is 4.37. The summed E-state index contributed by atoms with van der Waals surface area (Å²) >= 11 is 1.37. The van der Waals surface area contributed by atoms with E-state index < -0.39 is 0 Å². The molecule has 0 saturated heterocycles. The maximum Gasteiger partial charge on any atom is 0.202 e. The van der Waals surface area contributed by atoms with Gasteiger partial charge in [0.15, 0.2) is 5.76 Å². The fourth-order valence-corrected chi connectivity index (χ4v) is 1.91. The molecule has 86 valence electrons. The zero-order chi connectivity index (χ0) is 11.5. The second kappa shape index (κ2) is 4.61. The molecule has 16 heavy (non-hydrogen) atoms. The van der Waals surface area contributed by atoms with E-state index in [2.05, 4.69) is 33.7 Å². The number of nitrogens with one attached hydrogen (secondary N) is 1. The molecule has 0 amide bonds. The van der Waals surface area contributed by atoms with Gasteiger partial charge in [-0.2, -0.15) is 4.37 Å². The van der Waals surface area contributed by atoms with Gasteiger partial charge < -0.3 is 9.84 Å². The first-order valence-electron chi connectivity index (χ1n) is 5.15. The number of rotatable bonds is 4. The lowest BCUT2D eigenvalue weighted by molar-refractivity contribution is 0.384. The second-order valence-corrected chi connectivity index (χ2v) is 4.65. The van der Waals surface area contributed by atoms with Crippen molar-refractivity contribution in [3.05, 3.63) is 23.3 Å². The first kappa shape index (κ1) is 11.1. The van der Waals surface area contributed by atoms with Crippen molar-refractivity contribution in [2.24, 2.45) is 0 Å². The summed E-state index contributed by atoms with van der Waals surface area (Å²) in [6.07, 6.45) is 0. The van der Waals surface area contributed by atoms with Crippen LogP contribution in [0.3, 0.4) is 0 Å². The van der Waals surface area contributed by atoms with Gasteiger partial charge in [0.1, 0.15) is 5.82 Å². The van der Waals surface area contributed by atoms with E-state index in [4.69, 9.17) is 4.52 Å². The van der Waals surface area contributed by atoms with E-state index >= 15 is 0 Å². The summed E-state index contributed by atoms with van der Waals surface area (Å²) in [7, 11) is 0. The third-order valence-electron chi connectivity index (χ3n) is 2.05. The highest BCUT2D eigenvalue weighted by atomic mass is 32.1. The van der Waals surface area contributed by atoms with Crippen LogP contribution in [-0.4, -0.2) is 14.5 Å². The van der Waals surface area contributed by atoms with Crippen molar-refractivity contribution in [3.63, 3.8) is 0 Å². The van der Waals surface area contributed by atoms with Crippen molar-refractivity contribution in [2.45, 2.75) is 33.2 Å². The fraction of sp³-hybridized carbons (Fsp3) is 0.500. The summed E-state index contributed by atoms with van der Waals surface area (Å²) in [6.45, 7) is 6.64. The van der Waals surface area contributed by atoms with Crippen LogP contribution in [0, 0.1) is 6.92 Å². The van der Waals surface area contributed by atoms with Gasteiger partial charge in [0.2, 0.25) is 5.13 Å². The van der Waals surface area contributed by atoms with Gasteiger partial charge in [-0.15, -0.1) is 0 Å². The summed E-state index contributed by atoms with van der Waals surface area (Å²) in [5.74, 6) is 2.04. The van der Waals surface area contributed by atoms with E-state index in [1.165, 1.54) is 11.5 Å². The number of hydrogen-bond acceptors (Lipinski definition) is 6. The van der Waals surface area contributed by atoms with Crippen LogP contribution in [0.4, 0.5) is 5.13 Å². The van der Waals surface area contributed by atoms with Crippen molar-refractivity contribution in [1.29, 1.82) is 0 Å². The molecule has 2 heterocycles. The minimum Gasteiger partial charge on any atom is -0.359 e. The third kappa shape index (κ3) is 2.57. The average molecular weight is 238 g/mol. The summed E-state index contributed by atoms with van der Waals surface area (Å²) in [5, 5.41) is 7.79. The van der Waals surface area contributed by atoms with E-state index in [0.717, 1.165) is 22.4 Å². The third-order valence-corrected chi connectivity index (χ3v) is 2.74. The van der Waals surface area contributed by atoms with Gasteiger partial charge >= 0.3 is 0 Å². The SMILES string of the molecule is Cc1cc(CNc2nc(C(C)C)ns2)on1. The molecule has 0 aliphatic rings. The van der Waals surface area contributed by atoms with Gasteiger partial charge in [0.25, 0.3) is 0 Å². The number of aryl methyl sites for hydroxylation is 1. The predicted octanol–water partition coefficient (Wildman–Crippen LogP) is 2.57. The molecule has 1 N–H and O–H groups in total. The smallest absolute Gasteiger partial charge is 0.202 e. The highest BCUT2D eigenvalue weighted by Crippen LogP contribution is 2.18. The Bertz CT molecular complexity index is 463. The lowest BCUT2D eigenvalue weighted by Crippen LogP contribution is -1.98. The van der Waals surface area contributed by atoms with Gasteiger partial charge in [-0.3, -0.25) is 0 Å². The van der Waals surface area contributed by atoms with Crippen molar-refractivity contribution in [1.82, 2.24) is 14.5 Å². The zero-order valence-electron chi connectivity index (χ0n) is 9.52. The summed E-state index contributed by atoms with van der Waals surface area (Å²) in [5.41, 5.74) is 0.886.